The molecule has 0 bridgehead atoms. The molecule has 0 amide bonds. The van der Waals surface area contributed by atoms with Gasteiger partial charge in [-0.15, -0.1) is 0 Å². The van der Waals surface area contributed by atoms with Gasteiger partial charge in [0.2, 0.25) is 0 Å². The van der Waals surface area contributed by atoms with E-state index in [9.17, 15) is 4.79 Å². The van der Waals surface area contributed by atoms with Crippen molar-refractivity contribution in [3.63, 3.8) is 0 Å². The SMILES string of the molecule is CCCCCCCCCCCCCCN(C)c1ccc(Cl)c(Nc2cc(=O)n(-c3c(Cl)cc(Cl)cc3Cl)[nH]2)c1. The molecule has 0 aliphatic rings. The number of hydrogen-bond donors (Lipinski definition) is 2. The predicted octanol–water partition coefficient (Wildman–Crippen LogP) is 10.7. The zero-order valence-corrected chi connectivity index (χ0v) is 26.0. The summed E-state index contributed by atoms with van der Waals surface area (Å²) in [6.45, 7) is 3.24. The molecule has 5 nitrogen and oxygen atoms in total. The number of nitrogens with one attached hydrogen (secondary N) is 2. The van der Waals surface area contributed by atoms with E-state index in [2.05, 4.69) is 29.3 Å². The first-order valence-electron chi connectivity index (χ1n) is 14.0. The van der Waals surface area contributed by atoms with E-state index in [0.717, 1.165) is 18.7 Å². The Morgan fingerprint density at radius 3 is 1.92 bits per heavy atom. The Bertz CT molecular complexity index is 1220. The van der Waals surface area contributed by atoms with Gasteiger partial charge in [-0.3, -0.25) is 9.89 Å². The molecule has 3 rings (SSSR count). The standard InChI is InChI=1S/C30H40Cl4N4O/c1-3-4-5-6-7-8-9-10-11-12-13-14-17-37(2)23-15-16-24(32)27(20-23)35-28-21-29(39)38(36-28)30-25(33)18-22(31)19-26(30)34/h15-16,18-21,35-36H,3-14,17H2,1-2H3. The minimum atomic E-state index is -0.319. The lowest BCUT2D eigenvalue weighted by atomic mass is 10.1. The van der Waals surface area contributed by atoms with Crippen molar-refractivity contribution in [1.29, 1.82) is 0 Å². The highest BCUT2D eigenvalue weighted by molar-refractivity contribution is 6.40. The van der Waals surface area contributed by atoms with Crippen LogP contribution in [0.5, 0.6) is 0 Å². The van der Waals surface area contributed by atoms with Crippen LogP contribution in [0.1, 0.15) is 84.0 Å². The highest BCUT2D eigenvalue weighted by atomic mass is 35.5. The summed E-state index contributed by atoms with van der Waals surface area (Å²) in [7, 11) is 2.09. The summed E-state index contributed by atoms with van der Waals surface area (Å²) in [4.78, 5) is 14.9. The third kappa shape index (κ3) is 9.97. The molecule has 2 N–H and O–H groups in total. The van der Waals surface area contributed by atoms with Crippen molar-refractivity contribution in [2.75, 3.05) is 23.8 Å². The van der Waals surface area contributed by atoms with Gasteiger partial charge in [-0.25, -0.2) is 4.68 Å². The number of aromatic nitrogens is 2. The molecule has 0 aliphatic carbocycles. The summed E-state index contributed by atoms with van der Waals surface area (Å²) in [5, 5.41) is 7.70. The molecule has 0 aliphatic heterocycles. The molecule has 1 heterocycles. The van der Waals surface area contributed by atoms with Gasteiger partial charge in [0.1, 0.15) is 11.5 Å². The van der Waals surface area contributed by atoms with Crippen LogP contribution >= 0.6 is 46.4 Å². The Morgan fingerprint density at radius 1 is 0.769 bits per heavy atom. The monoisotopic (exact) mass is 612 g/mol. The quantitative estimate of drug-likeness (QED) is 0.149. The normalized spacial score (nSPS) is 11.2. The minimum absolute atomic E-state index is 0.266. The fourth-order valence-electron chi connectivity index (χ4n) is 4.68. The Morgan fingerprint density at radius 2 is 1.33 bits per heavy atom. The minimum Gasteiger partial charge on any atom is -0.375 e. The van der Waals surface area contributed by atoms with Gasteiger partial charge in [0.15, 0.2) is 0 Å². The third-order valence-corrected chi connectivity index (χ3v) is 8.06. The lowest BCUT2D eigenvalue weighted by Crippen LogP contribution is -2.18. The van der Waals surface area contributed by atoms with Gasteiger partial charge in [0.05, 0.1) is 20.8 Å². The van der Waals surface area contributed by atoms with Crippen LogP contribution < -0.4 is 15.8 Å². The average Bonchev–Trinajstić information content (AvgIpc) is 3.24. The second-order valence-corrected chi connectivity index (χ2v) is 11.8. The maximum absolute atomic E-state index is 12.7. The van der Waals surface area contributed by atoms with E-state index in [4.69, 9.17) is 46.4 Å². The smallest absolute Gasteiger partial charge is 0.273 e. The topological polar surface area (TPSA) is 53.1 Å². The van der Waals surface area contributed by atoms with E-state index in [1.807, 2.05) is 18.2 Å². The highest BCUT2D eigenvalue weighted by Crippen LogP contribution is 2.33. The fraction of sp³-hybridized carbons (Fsp3) is 0.500. The highest BCUT2D eigenvalue weighted by Gasteiger charge is 2.15. The lowest BCUT2D eigenvalue weighted by Gasteiger charge is -2.21. The van der Waals surface area contributed by atoms with Crippen molar-refractivity contribution in [3.8, 4) is 5.69 Å². The number of aromatic amines is 1. The van der Waals surface area contributed by atoms with Gasteiger partial charge >= 0.3 is 0 Å². The molecular weight excluding hydrogens is 574 g/mol. The first-order valence-corrected chi connectivity index (χ1v) is 15.6. The van der Waals surface area contributed by atoms with Crippen molar-refractivity contribution < 1.29 is 0 Å². The van der Waals surface area contributed by atoms with E-state index >= 15 is 0 Å². The fourth-order valence-corrected chi connectivity index (χ4v) is 5.84. The molecule has 0 atom stereocenters. The van der Waals surface area contributed by atoms with E-state index < -0.39 is 0 Å². The summed E-state index contributed by atoms with van der Waals surface area (Å²) in [5.74, 6) is 0.463. The molecule has 0 saturated heterocycles. The molecule has 0 spiro atoms. The number of hydrogen-bond acceptors (Lipinski definition) is 3. The first-order chi connectivity index (χ1) is 18.8. The number of rotatable bonds is 17. The number of nitrogens with zero attached hydrogens (tertiary/aromatic N) is 2. The molecule has 3 aromatic rings. The Hall–Kier alpha value is -1.79. The second kappa shape index (κ2) is 16.5. The van der Waals surface area contributed by atoms with Crippen LogP contribution in [-0.4, -0.2) is 23.4 Å². The number of unbranched alkanes of at least 4 members (excludes halogenated alkanes) is 11. The maximum Gasteiger partial charge on any atom is 0.273 e. The molecule has 0 saturated carbocycles. The summed E-state index contributed by atoms with van der Waals surface area (Å²) in [6, 6.07) is 10.4. The van der Waals surface area contributed by atoms with Crippen LogP contribution in [0.4, 0.5) is 17.2 Å². The largest absolute Gasteiger partial charge is 0.375 e. The van der Waals surface area contributed by atoms with E-state index in [0.29, 0.717) is 27.2 Å². The summed E-state index contributed by atoms with van der Waals surface area (Å²) >= 11 is 25.1. The van der Waals surface area contributed by atoms with Gasteiger partial charge in [0, 0.05) is 30.4 Å². The van der Waals surface area contributed by atoms with Crippen LogP contribution in [-0.2, 0) is 0 Å². The van der Waals surface area contributed by atoms with E-state index in [1.165, 1.54) is 93.5 Å². The number of anilines is 3. The molecule has 39 heavy (non-hydrogen) atoms. The Labute approximate surface area is 252 Å². The maximum atomic E-state index is 12.7. The average molecular weight is 614 g/mol. The molecule has 1 aromatic heterocycles. The van der Waals surface area contributed by atoms with Crippen molar-refractivity contribution in [1.82, 2.24) is 9.78 Å². The first kappa shape index (κ1) is 31.7. The second-order valence-electron chi connectivity index (χ2n) is 10.2. The molecule has 9 heteroatoms. The van der Waals surface area contributed by atoms with Gasteiger partial charge in [-0.2, -0.15) is 0 Å². The molecule has 0 fully saturated rings. The van der Waals surface area contributed by atoms with Crippen LogP contribution in [0.3, 0.4) is 0 Å². The molecule has 0 radical (unpaired) electrons. The van der Waals surface area contributed by atoms with Gasteiger partial charge in [0.25, 0.3) is 5.56 Å². The number of benzene rings is 2. The van der Waals surface area contributed by atoms with E-state index in [-0.39, 0.29) is 15.6 Å². The molecule has 214 valence electrons. The number of halogens is 4. The van der Waals surface area contributed by atoms with Crippen molar-refractivity contribution in [3.05, 3.63) is 66.8 Å². The molecule has 0 unspecified atom stereocenters. The van der Waals surface area contributed by atoms with Crippen LogP contribution in [0.2, 0.25) is 20.1 Å². The molecular formula is C30H40Cl4N4O. The predicted molar refractivity (Wildman–Crippen MR) is 171 cm³/mol. The third-order valence-electron chi connectivity index (χ3n) is 6.93. The zero-order chi connectivity index (χ0) is 28.2. The number of H-pyrrole nitrogens is 1. The lowest BCUT2D eigenvalue weighted by molar-refractivity contribution is 0.544. The summed E-state index contributed by atoms with van der Waals surface area (Å²) in [6.07, 6.45) is 16.0. The van der Waals surface area contributed by atoms with E-state index in [1.54, 1.807) is 0 Å². The van der Waals surface area contributed by atoms with Crippen LogP contribution in [0.25, 0.3) is 5.69 Å². The molecule has 2 aromatic carbocycles. The van der Waals surface area contributed by atoms with Crippen molar-refractivity contribution in [2.24, 2.45) is 0 Å². The van der Waals surface area contributed by atoms with Gasteiger partial charge < -0.3 is 10.2 Å². The van der Waals surface area contributed by atoms with Crippen LogP contribution in [0, 0.1) is 0 Å². The zero-order valence-electron chi connectivity index (χ0n) is 23.0. The van der Waals surface area contributed by atoms with Gasteiger partial charge in [-0.1, -0.05) is 124 Å². The Balaban J connectivity index is 1.48. The summed E-state index contributed by atoms with van der Waals surface area (Å²) < 4.78 is 1.28. The summed E-state index contributed by atoms with van der Waals surface area (Å²) in [5.41, 5.74) is 1.76. The van der Waals surface area contributed by atoms with Crippen LogP contribution in [0.15, 0.2) is 41.2 Å². The van der Waals surface area contributed by atoms with Crippen molar-refractivity contribution >= 4 is 63.6 Å². The van der Waals surface area contributed by atoms with Crippen molar-refractivity contribution in [2.45, 2.75) is 84.0 Å². The Kier molecular flexibility index (Phi) is 13.4. The van der Waals surface area contributed by atoms with Gasteiger partial charge in [-0.05, 0) is 36.8 Å².